The van der Waals surface area contributed by atoms with Gasteiger partial charge < -0.3 is 14.5 Å². The van der Waals surface area contributed by atoms with Crippen LogP contribution in [0.25, 0.3) is 11.1 Å². The van der Waals surface area contributed by atoms with Crippen LogP contribution in [0, 0.1) is 6.92 Å². The number of carbonyl (C=O) groups excluding carboxylic acids is 1. The van der Waals surface area contributed by atoms with Crippen LogP contribution in [0.5, 0.6) is 5.75 Å². The van der Waals surface area contributed by atoms with E-state index in [9.17, 15) is 4.79 Å². The van der Waals surface area contributed by atoms with E-state index in [2.05, 4.69) is 36.3 Å². The van der Waals surface area contributed by atoms with E-state index >= 15 is 0 Å². The molecule has 0 unspecified atom stereocenters. The SMILES string of the molecule is Cc1cc(Cl)ccc1OCC(=O)Nc1ccc(Cc2nc3cc(C(C)C)ccc3o2)cc1. The maximum absolute atomic E-state index is 12.2. The lowest BCUT2D eigenvalue weighted by Crippen LogP contribution is -2.20. The number of fused-ring (bicyclic) bond motifs is 1. The van der Waals surface area contributed by atoms with Gasteiger partial charge in [0, 0.05) is 17.1 Å². The summed E-state index contributed by atoms with van der Waals surface area (Å²) in [6, 6.07) is 19.1. The fraction of sp³-hybridized carbons (Fsp3) is 0.231. The molecule has 0 saturated carbocycles. The molecule has 0 bridgehead atoms. The Morgan fingerprint density at radius 2 is 1.88 bits per heavy atom. The third-order valence-corrected chi connectivity index (χ3v) is 5.45. The van der Waals surface area contributed by atoms with Crippen molar-refractivity contribution in [2.24, 2.45) is 0 Å². The highest BCUT2D eigenvalue weighted by atomic mass is 35.5. The van der Waals surface area contributed by atoms with Gasteiger partial charge in [0.1, 0.15) is 11.3 Å². The lowest BCUT2D eigenvalue weighted by molar-refractivity contribution is -0.118. The first-order valence-corrected chi connectivity index (χ1v) is 10.9. The highest BCUT2D eigenvalue weighted by molar-refractivity contribution is 6.30. The van der Waals surface area contributed by atoms with Gasteiger partial charge in [-0.05, 0) is 72.0 Å². The molecule has 3 aromatic carbocycles. The Balaban J connectivity index is 1.34. The minimum Gasteiger partial charge on any atom is -0.483 e. The Labute approximate surface area is 192 Å². The minimum absolute atomic E-state index is 0.0779. The fourth-order valence-corrected chi connectivity index (χ4v) is 3.65. The molecule has 32 heavy (non-hydrogen) atoms. The van der Waals surface area contributed by atoms with Crippen molar-refractivity contribution in [3.8, 4) is 5.75 Å². The second kappa shape index (κ2) is 9.45. The number of aryl methyl sites for hydroxylation is 1. The van der Waals surface area contributed by atoms with E-state index in [1.165, 1.54) is 5.56 Å². The van der Waals surface area contributed by atoms with Gasteiger partial charge in [0.15, 0.2) is 18.1 Å². The second-order valence-electron chi connectivity index (χ2n) is 8.11. The van der Waals surface area contributed by atoms with Gasteiger partial charge in [-0.25, -0.2) is 4.98 Å². The summed E-state index contributed by atoms with van der Waals surface area (Å²) in [4.78, 5) is 16.9. The number of carbonyl (C=O) groups is 1. The Bertz CT molecular complexity index is 1250. The molecule has 0 spiro atoms. The molecule has 0 saturated heterocycles. The first-order valence-electron chi connectivity index (χ1n) is 10.5. The van der Waals surface area contributed by atoms with Crippen molar-refractivity contribution in [2.45, 2.75) is 33.1 Å². The maximum atomic E-state index is 12.2. The van der Waals surface area contributed by atoms with Crippen molar-refractivity contribution in [1.82, 2.24) is 4.98 Å². The van der Waals surface area contributed by atoms with Gasteiger partial charge >= 0.3 is 0 Å². The van der Waals surface area contributed by atoms with Crippen LogP contribution < -0.4 is 10.1 Å². The monoisotopic (exact) mass is 448 g/mol. The molecule has 4 rings (SSSR count). The van der Waals surface area contributed by atoms with E-state index in [-0.39, 0.29) is 12.5 Å². The average molecular weight is 449 g/mol. The fourth-order valence-electron chi connectivity index (χ4n) is 3.42. The quantitative estimate of drug-likeness (QED) is 0.349. The van der Waals surface area contributed by atoms with Crippen LogP contribution in [0.2, 0.25) is 5.02 Å². The topological polar surface area (TPSA) is 64.4 Å². The van der Waals surface area contributed by atoms with Crippen LogP contribution in [0.4, 0.5) is 5.69 Å². The van der Waals surface area contributed by atoms with Gasteiger partial charge in [-0.3, -0.25) is 4.79 Å². The number of anilines is 1. The third-order valence-electron chi connectivity index (χ3n) is 5.21. The predicted molar refractivity (Wildman–Crippen MR) is 128 cm³/mol. The number of hydrogen-bond acceptors (Lipinski definition) is 4. The number of nitrogens with one attached hydrogen (secondary N) is 1. The summed E-state index contributed by atoms with van der Waals surface area (Å²) < 4.78 is 11.5. The van der Waals surface area contributed by atoms with Crippen molar-refractivity contribution in [1.29, 1.82) is 0 Å². The summed E-state index contributed by atoms with van der Waals surface area (Å²) in [5, 5.41) is 3.48. The van der Waals surface area contributed by atoms with Crippen molar-refractivity contribution in [2.75, 3.05) is 11.9 Å². The maximum Gasteiger partial charge on any atom is 0.262 e. The summed E-state index contributed by atoms with van der Waals surface area (Å²) in [5.74, 6) is 1.53. The molecule has 4 aromatic rings. The van der Waals surface area contributed by atoms with E-state index in [1.807, 2.05) is 37.3 Å². The summed E-state index contributed by atoms with van der Waals surface area (Å²) in [5.41, 5.74) is 5.55. The van der Waals surface area contributed by atoms with E-state index < -0.39 is 0 Å². The zero-order valence-corrected chi connectivity index (χ0v) is 19.1. The first kappa shape index (κ1) is 21.9. The van der Waals surface area contributed by atoms with Crippen LogP contribution in [0.3, 0.4) is 0 Å². The first-order chi connectivity index (χ1) is 15.4. The van der Waals surface area contributed by atoms with Crippen molar-refractivity contribution in [3.05, 3.63) is 88.3 Å². The molecule has 1 amide bonds. The smallest absolute Gasteiger partial charge is 0.262 e. The molecule has 1 N–H and O–H groups in total. The standard InChI is InChI=1S/C26H25ClN2O3/c1-16(2)19-6-10-24-22(14-19)29-26(32-24)13-18-4-8-21(9-5-18)28-25(30)15-31-23-11-7-20(27)12-17(23)3/h4-12,14,16H,13,15H2,1-3H3,(H,28,30). The van der Waals surface area contributed by atoms with Gasteiger partial charge in [-0.15, -0.1) is 0 Å². The molecule has 0 aliphatic heterocycles. The number of benzene rings is 3. The van der Waals surface area contributed by atoms with Gasteiger partial charge in [-0.2, -0.15) is 0 Å². The van der Waals surface area contributed by atoms with Gasteiger partial charge in [0.2, 0.25) is 0 Å². The highest BCUT2D eigenvalue weighted by Crippen LogP contribution is 2.24. The molecule has 0 aliphatic rings. The average Bonchev–Trinajstić information content (AvgIpc) is 3.16. The zero-order valence-electron chi connectivity index (χ0n) is 18.3. The molecular weight excluding hydrogens is 424 g/mol. The van der Waals surface area contributed by atoms with Crippen LogP contribution in [-0.2, 0) is 11.2 Å². The number of ether oxygens (including phenoxy) is 1. The molecule has 0 radical (unpaired) electrons. The molecule has 164 valence electrons. The summed E-state index contributed by atoms with van der Waals surface area (Å²) in [6.07, 6.45) is 0.582. The number of nitrogens with zero attached hydrogens (tertiary/aromatic N) is 1. The number of amides is 1. The number of hydrogen-bond donors (Lipinski definition) is 1. The Morgan fingerprint density at radius 1 is 1.09 bits per heavy atom. The minimum atomic E-state index is -0.230. The molecule has 1 aromatic heterocycles. The normalized spacial score (nSPS) is 11.2. The molecule has 6 heteroatoms. The predicted octanol–water partition coefficient (Wildman–Crippen LogP) is 6.52. The lowest BCUT2D eigenvalue weighted by atomic mass is 10.0. The number of rotatable bonds is 7. The lowest BCUT2D eigenvalue weighted by Gasteiger charge is -2.10. The van der Waals surface area contributed by atoms with Gasteiger partial charge in [-0.1, -0.05) is 43.6 Å². The van der Waals surface area contributed by atoms with E-state index in [4.69, 9.17) is 20.8 Å². The van der Waals surface area contributed by atoms with Crippen molar-refractivity contribution in [3.63, 3.8) is 0 Å². The van der Waals surface area contributed by atoms with Crippen molar-refractivity contribution < 1.29 is 13.9 Å². The molecule has 0 aliphatic carbocycles. The van der Waals surface area contributed by atoms with Gasteiger partial charge in [0.25, 0.3) is 5.91 Å². The zero-order chi connectivity index (χ0) is 22.7. The van der Waals surface area contributed by atoms with E-state index in [1.54, 1.807) is 18.2 Å². The van der Waals surface area contributed by atoms with Crippen LogP contribution in [-0.4, -0.2) is 17.5 Å². The van der Waals surface area contributed by atoms with Crippen LogP contribution >= 0.6 is 11.6 Å². The molecule has 0 atom stereocenters. The number of oxazole rings is 1. The Hall–Kier alpha value is -3.31. The van der Waals surface area contributed by atoms with E-state index in [0.717, 1.165) is 22.2 Å². The van der Waals surface area contributed by atoms with Crippen LogP contribution in [0.1, 0.15) is 42.3 Å². The highest BCUT2D eigenvalue weighted by Gasteiger charge is 2.10. The Kier molecular flexibility index (Phi) is 6.47. The van der Waals surface area contributed by atoms with Gasteiger partial charge in [0.05, 0.1) is 0 Å². The largest absolute Gasteiger partial charge is 0.483 e. The summed E-state index contributed by atoms with van der Waals surface area (Å²) >= 11 is 5.94. The summed E-state index contributed by atoms with van der Waals surface area (Å²) in [6.45, 7) is 6.13. The molecular formula is C26H25ClN2O3. The third kappa shape index (κ3) is 5.29. The molecule has 0 fully saturated rings. The van der Waals surface area contributed by atoms with Crippen molar-refractivity contribution >= 4 is 34.3 Å². The molecule has 1 heterocycles. The number of aromatic nitrogens is 1. The number of halogens is 1. The van der Waals surface area contributed by atoms with Crippen LogP contribution in [0.15, 0.2) is 65.1 Å². The van der Waals surface area contributed by atoms with E-state index in [0.29, 0.717) is 34.7 Å². The second-order valence-corrected chi connectivity index (χ2v) is 8.55. The summed E-state index contributed by atoms with van der Waals surface area (Å²) in [7, 11) is 0. The molecule has 5 nitrogen and oxygen atoms in total. The Morgan fingerprint density at radius 3 is 2.59 bits per heavy atom.